The molecule has 1 aliphatic carbocycles. The summed E-state index contributed by atoms with van der Waals surface area (Å²) in [7, 11) is 0. The van der Waals surface area contributed by atoms with Gasteiger partial charge in [-0.3, -0.25) is 9.69 Å². The summed E-state index contributed by atoms with van der Waals surface area (Å²) >= 11 is 5.94. The minimum atomic E-state index is -0.814. The van der Waals surface area contributed by atoms with E-state index in [4.69, 9.17) is 22.1 Å². The largest absolute Gasteiger partial charge is 0.378 e. The van der Waals surface area contributed by atoms with E-state index < -0.39 is 5.54 Å². The predicted octanol–water partition coefficient (Wildman–Crippen LogP) is 3.36. The summed E-state index contributed by atoms with van der Waals surface area (Å²) in [5.74, 6) is 0.0737. The zero-order valence-corrected chi connectivity index (χ0v) is 19.2. The number of hydrogen-bond donors (Lipinski definition) is 1. The molecule has 0 aromatic heterocycles. The number of carbonyl (C=O) groups excluding carboxylic acids is 1. The van der Waals surface area contributed by atoms with E-state index >= 15 is 0 Å². The summed E-state index contributed by atoms with van der Waals surface area (Å²) in [6.07, 6.45) is 0.671. The number of piperazine rings is 1. The maximum atomic E-state index is 13.1. The summed E-state index contributed by atoms with van der Waals surface area (Å²) in [6.45, 7) is 10.8. The summed E-state index contributed by atoms with van der Waals surface area (Å²) in [6, 6.07) is 7.95. The van der Waals surface area contributed by atoms with E-state index in [1.807, 2.05) is 37.8 Å². The molecule has 2 aliphatic rings. The minimum Gasteiger partial charge on any atom is -0.378 e. The zero-order valence-electron chi connectivity index (χ0n) is 16.8. The second-order valence-corrected chi connectivity index (χ2v) is 8.47. The fraction of sp³-hybridized carbons (Fsp3) is 0.650. The van der Waals surface area contributed by atoms with Crippen molar-refractivity contribution in [2.45, 2.75) is 45.4 Å². The van der Waals surface area contributed by atoms with Gasteiger partial charge in [0.1, 0.15) is 5.54 Å². The van der Waals surface area contributed by atoms with Gasteiger partial charge in [-0.05, 0) is 24.6 Å². The second kappa shape index (κ2) is 9.96. The molecule has 8 heteroatoms. The summed E-state index contributed by atoms with van der Waals surface area (Å²) in [5, 5.41) is 0.755. The SMILES string of the molecule is CCOC1CC(N)(C(=O)N2CCN(Cc3ccc(Cl)cc3)CC2)C1(C)C.Cl.Cl. The Kier molecular flexibility index (Phi) is 9.07. The molecule has 1 saturated carbocycles. The van der Waals surface area contributed by atoms with Gasteiger partial charge in [0.15, 0.2) is 0 Å². The van der Waals surface area contributed by atoms with Crippen molar-refractivity contribution >= 4 is 42.3 Å². The van der Waals surface area contributed by atoms with Crippen molar-refractivity contribution in [2.24, 2.45) is 11.1 Å². The number of nitrogens with zero attached hydrogens (tertiary/aromatic N) is 2. The number of halogens is 3. The highest BCUT2D eigenvalue weighted by Gasteiger charge is 2.63. The van der Waals surface area contributed by atoms with Crippen LogP contribution in [-0.2, 0) is 16.1 Å². The van der Waals surface area contributed by atoms with E-state index in [1.165, 1.54) is 5.56 Å². The van der Waals surface area contributed by atoms with E-state index in [9.17, 15) is 4.79 Å². The van der Waals surface area contributed by atoms with Gasteiger partial charge in [0.2, 0.25) is 5.91 Å². The molecule has 0 spiro atoms. The fourth-order valence-corrected chi connectivity index (χ4v) is 4.16. The molecule has 28 heavy (non-hydrogen) atoms. The van der Waals surface area contributed by atoms with E-state index in [0.29, 0.717) is 13.0 Å². The van der Waals surface area contributed by atoms with Crippen LogP contribution in [0.25, 0.3) is 0 Å². The first-order valence-electron chi connectivity index (χ1n) is 9.44. The van der Waals surface area contributed by atoms with Crippen molar-refractivity contribution in [1.82, 2.24) is 9.80 Å². The van der Waals surface area contributed by atoms with Crippen LogP contribution in [0.15, 0.2) is 24.3 Å². The smallest absolute Gasteiger partial charge is 0.243 e. The van der Waals surface area contributed by atoms with Gasteiger partial charge in [0.05, 0.1) is 6.10 Å². The molecule has 5 nitrogen and oxygen atoms in total. The van der Waals surface area contributed by atoms with E-state index in [0.717, 1.165) is 37.7 Å². The quantitative estimate of drug-likeness (QED) is 0.744. The Hall–Kier alpha value is -0.560. The predicted molar refractivity (Wildman–Crippen MR) is 119 cm³/mol. The summed E-state index contributed by atoms with van der Waals surface area (Å²) in [4.78, 5) is 17.4. The number of amides is 1. The van der Waals surface area contributed by atoms with Gasteiger partial charge in [0, 0.05) is 56.2 Å². The zero-order chi connectivity index (χ0) is 18.9. The third kappa shape index (κ3) is 4.77. The van der Waals surface area contributed by atoms with Crippen LogP contribution in [0.2, 0.25) is 5.02 Å². The molecule has 2 N–H and O–H groups in total. The van der Waals surface area contributed by atoms with Crippen molar-refractivity contribution < 1.29 is 9.53 Å². The van der Waals surface area contributed by atoms with Crippen LogP contribution in [-0.4, -0.2) is 60.1 Å². The highest BCUT2D eigenvalue weighted by molar-refractivity contribution is 6.30. The van der Waals surface area contributed by atoms with Crippen molar-refractivity contribution in [3.8, 4) is 0 Å². The maximum absolute atomic E-state index is 13.1. The van der Waals surface area contributed by atoms with E-state index in [2.05, 4.69) is 17.0 Å². The van der Waals surface area contributed by atoms with Gasteiger partial charge in [-0.25, -0.2) is 0 Å². The molecular formula is C20H32Cl3N3O2. The lowest BCUT2D eigenvalue weighted by Crippen LogP contribution is -2.76. The number of ether oxygens (including phenoxy) is 1. The van der Waals surface area contributed by atoms with Crippen LogP contribution in [0.5, 0.6) is 0 Å². The fourth-order valence-electron chi connectivity index (χ4n) is 4.04. The number of carbonyl (C=O) groups is 1. The van der Waals surface area contributed by atoms with Gasteiger partial charge in [-0.15, -0.1) is 24.8 Å². The average Bonchev–Trinajstić information content (AvgIpc) is 2.63. The average molecular weight is 453 g/mol. The first kappa shape index (κ1) is 25.5. The maximum Gasteiger partial charge on any atom is 0.243 e. The summed E-state index contributed by atoms with van der Waals surface area (Å²) in [5.41, 5.74) is 6.64. The number of benzene rings is 1. The standard InChI is InChI=1S/C20H30ClN3O2.2ClH/c1-4-26-17-13-20(22,19(17,2)3)18(25)24-11-9-23(10-12-24)14-15-5-7-16(21)8-6-15;;/h5-8,17H,4,9-14,22H2,1-3H3;2*1H. The van der Waals surface area contributed by atoms with Crippen LogP contribution in [0.4, 0.5) is 0 Å². The van der Waals surface area contributed by atoms with Gasteiger partial charge >= 0.3 is 0 Å². The Morgan fingerprint density at radius 1 is 1.18 bits per heavy atom. The molecule has 2 unspecified atom stereocenters. The molecule has 2 fully saturated rings. The molecule has 1 aromatic carbocycles. The number of nitrogens with two attached hydrogens (primary N) is 1. The monoisotopic (exact) mass is 451 g/mol. The molecule has 1 aromatic rings. The van der Waals surface area contributed by atoms with Crippen LogP contribution in [0.3, 0.4) is 0 Å². The molecule has 3 rings (SSSR count). The van der Waals surface area contributed by atoms with Gasteiger partial charge in [0.25, 0.3) is 0 Å². The normalized spacial score (nSPS) is 26.6. The molecule has 1 heterocycles. The van der Waals surface area contributed by atoms with Crippen LogP contribution in [0, 0.1) is 5.41 Å². The Bertz CT molecular complexity index is 649. The first-order chi connectivity index (χ1) is 12.3. The number of hydrogen-bond acceptors (Lipinski definition) is 4. The molecule has 1 aliphatic heterocycles. The molecule has 160 valence electrons. The van der Waals surface area contributed by atoms with Crippen molar-refractivity contribution in [2.75, 3.05) is 32.8 Å². The lowest BCUT2D eigenvalue weighted by atomic mass is 9.54. The minimum absolute atomic E-state index is 0. The highest BCUT2D eigenvalue weighted by Crippen LogP contribution is 2.50. The van der Waals surface area contributed by atoms with E-state index in [1.54, 1.807) is 0 Å². The molecule has 0 radical (unpaired) electrons. The molecule has 1 saturated heterocycles. The van der Waals surface area contributed by atoms with Crippen LogP contribution in [0.1, 0.15) is 32.8 Å². The first-order valence-corrected chi connectivity index (χ1v) is 9.82. The third-order valence-electron chi connectivity index (χ3n) is 6.19. The lowest BCUT2D eigenvalue weighted by Gasteiger charge is -2.59. The van der Waals surface area contributed by atoms with E-state index in [-0.39, 0.29) is 42.2 Å². The Labute approximate surface area is 185 Å². The van der Waals surface area contributed by atoms with Crippen molar-refractivity contribution in [1.29, 1.82) is 0 Å². The Balaban J connectivity index is 0.00000196. The molecular weight excluding hydrogens is 421 g/mol. The Morgan fingerprint density at radius 3 is 2.25 bits per heavy atom. The molecule has 0 bridgehead atoms. The Morgan fingerprint density at radius 2 is 1.75 bits per heavy atom. The molecule has 2 atom stereocenters. The van der Waals surface area contributed by atoms with Gasteiger partial charge in [-0.2, -0.15) is 0 Å². The van der Waals surface area contributed by atoms with Gasteiger partial charge in [-0.1, -0.05) is 37.6 Å². The van der Waals surface area contributed by atoms with Gasteiger partial charge < -0.3 is 15.4 Å². The summed E-state index contributed by atoms with van der Waals surface area (Å²) < 4.78 is 5.75. The van der Waals surface area contributed by atoms with Crippen molar-refractivity contribution in [3.63, 3.8) is 0 Å². The lowest BCUT2D eigenvalue weighted by molar-refractivity contribution is -0.180. The highest BCUT2D eigenvalue weighted by atomic mass is 35.5. The molecule has 1 amide bonds. The van der Waals surface area contributed by atoms with Crippen LogP contribution < -0.4 is 5.73 Å². The second-order valence-electron chi connectivity index (χ2n) is 8.04. The third-order valence-corrected chi connectivity index (χ3v) is 6.44. The number of rotatable bonds is 5. The topological polar surface area (TPSA) is 58.8 Å². The van der Waals surface area contributed by atoms with Crippen molar-refractivity contribution in [3.05, 3.63) is 34.9 Å². The van der Waals surface area contributed by atoms with Crippen LogP contribution >= 0.6 is 36.4 Å².